The Balaban J connectivity index is 1.68. The zero-order valence-corrected chi connectivity index (χ0v) is 13.2. The molecule has 1 amide bonds. The predicted molar refractivity (Wildman–Crippen MR) is 93.2 cm³/mol. The van der Waals surface area contributed by atoms with Gasteiger partial charge in [-0.2, -0.15) is 0 Å². The number of aromatic nitrogens is 1. The van der Waals surface area contributed by atoms with Gasteiger partial charge in [-0.3, -0.25) is 9.79 Å². The molecule has 120 valence electrons. The van der Waals surface area contributed by atoms with Gasteiger partial charge in [0.1, 0.15) is 5.82 Å². The highest BCUT2D eigenvalue weighted by molar-refractivity contribution is 5.99. The van der Waals surface area contributed by atoms with Crippen LogP contribution in [-0.4, -0.2) is 23.1 Å². The molecule has 4 nitrogen and oxygen atoms in total. The standard InChI is InChI=1S/C19H16FN3O/c1-11(24)21-9-15-6-13-3-2-12(7-18(13)23-15)17-10-22-19-8-14(20)4-5-16(17)19/h2-5,7-8,10,22H,6,9H2,1H3,(H,21,24). The molecule has 5 heteroatoms. The lowest BCUT2D eigenvalue weighted by molar-refractivity contribution is -0.118. The Morgan fingerprint density at radius 3 is 3.00 bits per heavy atom. The summed E-state index contributed by atoms with van der Waals surface area (Å²) in [7, 11) is 0. The molecule has 1 aliphatic heterocycles. The van der Waals surface area contributed by atoms with Gasteiger partial charge < -0.3 is 10.3 Å². The topological polar surface area (TPSA) is 57.2 Å². The number of benzene rings is 2. The number of carbonyl (C=O) groups is 1. The summed E-state index contributed by atoms with van der Waals surface area (Å²) < 4.78 is 13.3. The Hall–Kier alpha value is -2.95. The number of fused-ring (bicyclic) bond motifs is 2. The second-order valence-corrected chi connectivity index (χ2v) is 6.00. The molecule has 0 bridgehead atoms. The Kier molecular flexibility index (Phi) is 3.41. The quantitative estimate of drug-likeness (QED) is 0.758. The third-order valence-corrected chi connectivity index (χ3v) is 4.25. The summed E-state index contributed by atoms with van der Waals surface area (Å²) in [6.07, 6.45) is 2.65. The van der Waals surface area contributed by atoms with E-state index in [1.165, 1.54) is 19.1 Å². The van der Waals surface area contributed by atoms with Crippen molar-refractivity contribution in [1.29, 1.82) is 0 Å². The first-order valence-electron chi connectivity index (χ1n) is 7.81. The van der Waals surface area contributed by atoms with Gasteiger partial charge in [-0.1, -0.05) is 12.1 Å². The number of halogens is 1. The van der Waals surface area contributed by atoms with Crippen LogP contribution < -0.4 is 5.32 Å². The maximum atomic E-state index is 13.3. The lowest BCUT2D eigenvalue weighted by Gasteiger charge is -2.03. The molecule has 2 aromatic carbocycles. The van der Waals surface area contributed by atoms with Crippen molar-refractivity contribution in [2.24, 2.45) is 4.99 Å². The lowest BCUT2D eigenvalue weighted by atomic mass is 10.0. The van der Waals surface area contributed by atoms with Crippen LogP contribution in [0.15, 0.2) is 47.6 Å². The van der Waals surface area contributed by atoms with E-state index in [2.05, 4.69) is 27.4 Å². The first-order chi connectivity index (χ1) is 11.6. The van der Waals surface area contributed by atoms with Gasteiger partial charge in [0.15, 0.2) is 0 Å². The number of hydrogen-bond donors (Lipinski definition) is 2. The second-order valence-electron chi connectivity index (χ2n) is 6.00. The fourth-order valence-corrected chi connectivity index (χ4v) is 3.08. The molecule has 1 aromatic heterocycles. The maximum Gasteiger partial charge on any atom is 0.217 e. The Labute approximate surface area is 138 Å². The highest BCUT2D eigenvalue weighted by Gasteiger charge is 2.16. The monoisotopic (exact) mass is 321 g/mol. The largest absolute Gasteiger partial charge is 0.360 e. The molecule has 0 fully saturated rings. The minimum Gasteiger partial charge on any atom is -0.360 e. The Morgan fingerprint density at radius 2 is 2.17 bits per heavy atom. The van der Waals surface area contributed by atoms with Gasteiger partial charge >= 0.3 is 0 Å². The molecule has 0 saturated carbocycles. The number of aliphatic imine (C=N–C) groups is 1. The summed E-state index contributed by atoms with van der Waals surface area (Å²) in [6, 6.07) is 10.9. The number of rotatable bonds is 3. The van der Waals surface area contributed by atoms with Crippen molar-refractivity contribution >= 4 is 28.2 Å². The summed E-state index contributed by atoms with van der Waals surface area (Å²) in [6.45, 7) is 1.98. The minimum absolute atomic E-state index is 0.0552. The first kappa shape index (κ1) is 14.6. The molecule has 2 N–H and O–H groups in total. The van der Waals surface area contributed by atoms with E-state index in [-0.39, 0.29) is 11.7 Å². The molecule has 0 saturated heterocycles. The van der Waals surface area contributed by atoms with Crippen molar-refractivity contribution < 1.29 is 9.18 Å². The van der Waals surface area contributed by atoms with E-state index in [0.29, 0.717) is 6.54 Å². The van der Waals surface area contributed by atoms with E-state index < -0.39 is 0 Å². The van der Waals surface area contributed by atoms with Gasteiger partial charge in [0.05, 0.1) is 12.2 Å². The zero-order chi connectivity index (χ0) is 16.7. The van der Waals surface area contributed by atoms with E-state index in [4.69, 9.17) is 0 Å². The van der Waals surface area contributed by atoms with Crippen LogP contribution in [0.1, 0.15) is 12.5 Å². The number of carbonyl (C=O) groups excluding carboxylic acids is 1. The van der Waals surface area contributed by atoms with Crippen LogP contribution in [-0.2, 0) is 11.2 Å². The molecule has 0 atom stereocenters. The van der Waals surface area contributed by atoms with Crippen LogP contribution in [0.25, 0.3) is 22.0 Å². The first-order valence-corrected chi connectivity index (χ1v) is 7.81. The van der Waals surface area contributed by atoms with E-state index >= 15 is 0 Å². The SMILES string of the molecule is CC(=O)NCC1=Nc2cc(-c3c[nH]c4cc(F)ccc34)ccc2C1. The summed E-state index contributed by atoms with van der Waals surface area (Å²) >= 11 is 0. The van der Waals surface area contributed by atoms with Crippen LogP contribution in [0.4, 0.5) is 10.1 Å². The fraction of sp³-hybridized carbons (Fsp3) is 0.158. The Bertz CT molecular complexity index is 987. The number of hydrogen-bond acceptors (Lipinski definition) is 2. The van der Waals surface area contributed by atoms with Gasteiger partial charge in [-0.15, -0.1) is 0 Å². The lowest BCUT2D eigenvalue weighted by Crippen LogP contribution is -2.27. The number of H-pyrrole nitrogens is 1. The van der Waals surface area contributed by atoms with Gasteiger partial charge in [0.25, 0.3) is 0 Å². The second kappa shape index (κ2) is 5.60. The highest BCUT2D eigenvalue weighted by Crippen LogP contribution is 2.35. The van der Waals surface area contributed by atoms with Gasteiger partial charge in [0.2, 0.25) is 5.91 Å². The summed E-state index contributed by atoms with van der Waals surface area (Å²) in [5.74, 6) is -0.308. The summed E-state index contributed by atoms with van der Waals surface area (Å²) in [5.41, 5.74) is 5.89. The highest BCUT2D eigenvalue weighted by atomic mass is 19.1. The molecular weight excluding hydrogens is 305 g/mol. The molecule has 0 aliphatic carbocycles. The minimum atomic E-state index is -0.253. The molecule has 3 aromatic rings. The van der Waals surface area contributed by atoms with Crippen molar-refractivity contribution in [2.75, 3.05) is 6.54 Å². The van der Waals surface area contributed by atoms with Crippen LogP contribution >= 0.6 is 0 Å². The van der Waals surface area contributed by atoms with E-state index in [9.17, 15) is 9.18 Å². The molecule has 0 radical (unpaired) electrons. The number of nitrogens with zero attached hydrogens (tertiary/aromatic N) is 1. The molecule has 24 heavy (non-hydrogen) atoms. The smallest absolute Gasteiger partial charge is 0.217 e. The van der Waals surface area contributed by atoms with Crippen LogP contribution in [0, 0.1) is 5.82 Å². The van der Waals surface area contributed by atoms with Crippen molar-refractivity contribution in [3.63, 3.8) is 0 Å². The average Bonchev–Trinajstić information content (AvgIpc) is 3.14. The molecular formula is C19H16FN3O. The van der Waals surface area contributed by atoms with Crippen LogP contribution in [0.3, 0.4) is 0 Å². The summed E-state index contributed by atoms with van der Waals surface area (Å²) in [5, 5.41) is 3.77. The Morgan fingerprint density at radius 1 is 1.29 bits per heavy atom. The predicted octanol–water partition coefficient (Wildman–Crippen LogP) is 3.74. The van der Waals surface area contributed by atoms with Crippen molar-refractivity contribution in [3.8, 4) is 11.1 Å². The molecule has 0 unspecified atom stereocenters. The average molecular weight is 321 g/mol. The van der Waals surface area contributed by atoms with Crippen LogP contribution in [0.2, 0.25) is 0 Å². The number of nitrogens with one attached hydrogen (secondary N) is 2. The van der Waals surface area contributed by atoms with E-state index in [0.717, 1.165) is 45.4 Å². The van der Waals surface area contributed by atoms with Crippen molar-refractivity contribution in [1.82, 2.24) is 10.3 Å². The number of aromatic amines is 1. The third kappa shape index (κ3) is 2.58. The molecule has 1 aliphatic rings. The fourth-order valence-electron chi connectivity index (χ4n) is 3.08. The van der Waals surface area contributed by atoms with Crippen molar-refractivity contribution in [2.45, 2.75) is 13.3 Å². The molecule has 4 rings (SSSR count). The molecule has 0 spiro atoms. The third-order valence-electron chi connectivity index (χ3n) is 4.25. The van der Waals surface area contributed by atoms with Crippen molar-refractivity contribution in [3.05, 3.63) is 54.0 Å². The van der Waals surface area contributed by atoms with E-state index in [1.54, 1.807) is 6.07 Å². The maximum absolute atomic E-state index is 13.3. The van der Waals surface area contributed by atoms with Crippen LogP contribution in [0.5, 0.6) is 0 Å². The molecule has 2 heterocycles. The van der Waals surface area contributed by atoms with Gasteiger partial charge in [-0.25, -0.2) is 4.39 Å². The van der Waals surface area contributed by atoms with Gasteiger partial charge in [-0.05, 0) is 35.4 Å². The number of amides is 1. The zero-order valence-electron chi connectivity index (χ0n) is 13.2. The van der Waals surface area contributed by atoms with E-state index in [1.807, 2.05) is 12.3 Å². The van der Waals surface area contributed by atoms with Gasteiger partial charge in [0, 0.05) is 41.7 Å². The normalized spacial score (nSPS) is 13.0. The summed E-state index contributed by atoms with van der Waals surface area (Å²) in [4.78, 5) is 18.8.